The van der Waals surface area contributed by atoms with Gasteiger partial charge in [-0.05, 0) is 24.6 Å². The van der Waals surface area contributed by atoms with E-state index in [0.717, 1.165) is 0 Å². The van der Waals surface area contributed by atoms with Crippen LogP contribution in [0.15, 0.2) is 16.5 Å². The van der Waals surface area contributed by atoms with Crippen LogP contribution in [-0.2, 0) is 10.5 Å². The molecule has 0 heterocycles. The molecule has 4 nitrogen and oxygen atoms in total. The largest absolute Gasteiger partial charge is 0.397 e. The highest BCUT2D eigenvalue weighted by Crippen LogP contribution is 2.28. The van der Waals surface area contributed by atoms with Crippen LogP contribution in [0.1, 0.15) is 5.56 Å². The monoisotopic (exact) mass is 218 g/mol. The zero-order chi connectivity index (χ0) is 10.0. The molecule has 6 heteroatoms. The highest BCUT2D eigenvalue weighted by Gasteiger charge is 2.02. The Hall–Kier alpha value is -1.07. The van der Waals surface area contributed by atoms with Gasteiger partial charge < -0.3 is 5.73 Å². The van der Waals surface area contributed by atoms with Crippen LogP contribution < -0.4 is 5.73 Å². The van der Waals surface area contributed by atoms with Gasteiger partial charge in [0, 0.05) is 0 Å². The fraction of sp³-hybridized carbons (Fsp3) is 0.143. The second kappa shape index (κ2) is 3.76. The molecule has 13 heavy (non-hydrogen) atoms. The molecule has 1 aromatic rings. The van der Waals surface area contributed by atoms with Gasteiger partial charge in [-0.2, -0.15) is 8.42 Å². The van der Waals surface area contributed by atoms with E-state index >= 15 is 0 Å². The first-order valence-corrected chi connectivity index (χ1v) is 4.78. The molecule has 0 radical (unpaired) electrons. The van der Waals surface area contributed by atoms with E-state index in [2.05, 4.69) is 4.36 Å². The van der Waals surface area contributed by atoms with Gasteiger partial charge in [-0.25, -0.2) is 0 Å². The third kappa shape index (κ3) is 2.43. The first kappa shape index (κ1) is 10.0. The van der Waals surface area contributed by atoms with Crippen molar-refractivity contribution >= 4 is 33.5 Å². The third-order valence-corrected chi connectivity index (χ3v) is 2.32. The van der Waals surface area contributed by atoms with Gasteiger partial charge in [0.25, 0.3) is 0 Å². The number of nitrogen functional groups attached to an aromatic ring is 1. The minimum Gasteiger partial charge on any atom is -0.397 e. The highest BCUT2D eigenvalue weighted by atomic mass is 35.5. The average molecular weight is 219 g/mol. The van der Waals surface area contributed by atoms with Gasteiger partial charge in [0.05, 0.1) is 16.4 Å². The second-order valence-electron chi connectivity index (χ2n) is 2.47. The van der Waals surface area contributed by atoms with Crippen molar-refractivity contribution in [3.63, 3.8) is 0 Å². The fourth-order valence-electron chi connectivity index (χ4n) is 0.916. The number of benzene rings is 1. The van der Waals surface area contributed by atoms with Crippen LogP contribution in [-0.4, -0.2) is 8.42 Å². The third-order valence-electron chi connectivity index (χ3n) is 1.45. The summed E-state index contributed by atoms with van der Waals surface area (Å²) in [6, 6.07) is 2.96. The van der Waals surface area contributed by atoms with Gasteiger partial charge in [-0.15, -0.1) is 4.36 Å². The smallest absolute Gasteiger partial charge is 0.316 e. The molecule has 0 aliphatic heterocycles. The topological polar surface area (TPSA) is 72.5 Å². The molecule has 0 aliphatic carbocycles. The van der Waals surface area contributed by atoms with E-state index in [1.807, 2.05) is 0 Å². The molecule has 70 valence electrons. The van der Waals surface area contributed by atoms with Crippen molar-refractivity contribution in [1.29, 1.82) is 0 Å². The van der Waals surface area contributed by atoms with Crippen molar-refractivity contribution in [3.05, 3.63) is 22.7 Å². The lowest BCUT2D eigenvalue weighted by Gasteiger charge is -2.01. The number of aryl methyl sites for hydroxylation is 1. The Kier molecular flexibility index (Phi) is 2.90. The summed E-state index contributed by atoms with van der Waals surface area (Å²) in [5.41, 5.74) is 6.81. The van der Waals surface area contributed by atoms with Gasteiger partial charge in [0.15, 0.2) is 0 Å². The summed E-state index contributed by atoms with van der Waals surface area (Å²) in [6.07, 6.45) is 0. The molecular formula is C7H7ClN2O2S. The molecule has 0 aliphatic rings. The van der Waals surface area contributed by atoms with E-state index in [4.69, 9.17) is 17.3 Å². The first-order chi connectivity index (χ1) is 6.00. The van der Waals surface area contributed by atoms with Crippen molar-refractivity contribution in [2.24, 2.45) is 4.36 Å². The van der Waals surface area contributed by atoms with Gasteiger partial charge in [0.2, 0.25) is 0 Å². The van der Waals surface area contributed by atoms with Crippen molar-refractivity contribution in [1.82, 2.24) is 0 Å². The Morgan fingerprint density at radius 2 is 2.08 bits per heavy atom. The Morgan fingerprint density at radius 3 is 2.54 bits per heavy atom. The SMILES string of the molecule is Cc1cc(N=S(=O)=O)cc(N)c1Cl. The van der Waals surface area contributed by atoms with Gasteiger partial charge in [0.1, 0.15) is 0 Å². The predicted molar refractivity (Wildman–Crippen MR) is 51.6 cm³/mol. The van der Waals surface area contributed by atoms with Crippen LogP contribution in [0.5, 0.6) is 0 Å². The standard InChI is InChI=1S/C7H7ClN2O2S/c1-4-2-5(10-13(11)12)3-6(9)7(4)8/h2-3H,9H2,1H3. The predicted octanol–water partition coefficient (Wildman–Crippen LogP) is 1.92. The van der Waals surface area contributed by atoms with E-state index in [9.17, 15) is 8.42 Å². The molecule has 0 saturated heterocycles. The van der Waals surface area contributed by atoms with Crippen LogP contribution in [0.25, 0.3) is 0 Å². The van der Waals surface area contributed by atoms with E-state index in [1.165, 1.54) is 6.07 Å². The van der Waals surface area contributed by atoms with Crippen molar-refractivity contribution in [2.75, 3.05) is 5.73 Å². The van der Waals surface area contributed by atoms with E-state index < -0.39 is 10.5 Å². The molecule has 0 amide bonds. The Morgan fingerprint density at radius 1 is 1.46 bits per heavy atom. The minimum absolute atomic E-state index is 0.285. The van der Waals surface area contributed by atoms with E-state index in [0.29, 0.717) is 16.3 Å². The number of halogens is 1. The maximum atomic E-state index is 10.2. The molecular weight excluding hydrogens is 212 g/mol. The molecule has 0 saturated carbocycles. The summed E-state index contributed by atoms with van der Waals surface area (Å²) >= 11 is 5.77. The molecule has 1 rings (SSSR count). The quantitative estimate of drug-likeness (QED) is 0.732. The lowest BCUT2D eigenvalue weighted by Crippen LogP contribution is -1.87. The lowest BCUT2D eigenvalue weighted by molar-refractivity contribution is 0.622. The Labute approximate surface area is 82.0 Å². The van der Waals surface area contributed by atoms with Crippen molar-refractivity contribution in [2.45, 2.75) is 6.92 Å². The summed E-state index contributed by atoms with van der Waals surface area (Å²) in [5.74, 6) is 0. The molecule has 1 aromatic carbocycles. The lowest BCUT2D eigenvalue weighted by atomic mass is 10.2. The summed E-state index contributed by atoms with van der Waals surface area (Å²) < 4.78 is 23.8. The molecule has 2 N–H and O–H groups in total. The molecule has 0 spiro atoms. The number of rotatable bonds is 1. The van der Waals surface area contributed by atoms with Crippen LogP contribution >= 0.6 is 11.6 Å². The minimum atomic E-state index is -2.46. The summed E-state index contributed by atoms with van der Waals surface area (Å²) in [6.45, 7) is 1.73. The summed E-state index contributed by atoms with van der Waals surface area (Å²) in [5, 5.41) is 0.427. The summed E-state index contributed by atoms with van der Waals surface area (Å²) in [7, 11) is -2.46. The van der Waals surface area contributed by atoms with Crippen LogP contribution in [0.4, 0.5) is 11.4 Å². The zero-order valence-electron chi connectivity index (χ0n) is 6.78. The number of nitrogens with zero attached hydrogens (tertiary/aromatic N) is 1. The molecule has 0 aromatic heterocycles. The van der Waals surface area contributed by atoms with E-state index in [1.54, 1.807) is 13.0 Å². The van der Waals surface area contributed by atoms with Crippen LogP contribution in [0.2, 0.25) is 5.02 Å². The van der Waals surface area contributed by atoms with Crippen LogP contribution in [0, 0.1) is 6.92 Å². The van der Waals surface area contributed by atoms with Gasteiger partial charge in [-0.3, -0.25) is 0 Å². The number of hydrogen-bond acceptors (Lipinski definition) is 4. The van der Waals surface area contributed by atoms with Gasteiger partial charge >= 0.3 is 10.5 Å². The number of hydrogen-bond donors (Lipinski definition) is 1. The maximum Gasteiger partial charge on any atom is 0.316 e. The van der Waals surface area contributed by atoms with Crippen molar-refractivity contribution < 1.29 is 8.42 Å². The normalized spacial score (nSPS) is 9.69. The number of nitrogens with two attached hydrogens (primary N) is 1. The Bertz CT molecular complexity index is 436. The second-order valence-corrected chi connectivity index (χ2v) is 3.47. The molecule has 0 bridgehead atoms. The average Bonchev–Trinajstić information content (AvgIpc) is 1.98. The first-order valence-electron chi connectivity index (χ1n) is 3.37. The molecule has 0 unspecified atom stereocenters. The number of anilines is 1. The van der Waals surface area contributed by atoms with Crippen LogP contribution in [0.3, 0.4) is 0 Å². The molecule has 0 fully saturated rings. The fourth-order valence-corrected chi connectivity index (χ4v) is 1.30. The summed E-state index contributed by atoms with van der Waals surface area (Å²) in [4.78, 5) is 0. The molecule has 0 atom stereocenters. The van der Waals surface area contributed by atoms with Gasteiger partial charge in [-0.1, -0.05) is 11.6 Å². The van der Waals surface area contributed by atoms with E-state index in [-0.39, 0.29) is 5.69 Å². The Balaban J connectivity index is 3.37. The maximum absolute atomic E-state index is 10.2. The van der Waals surface area contributed by atoms with Crippen molar-refractivity contribution in [3.8, 4) is 0 Å². The zero-order valence-corrected chi connectivity index (χ0v) is 8.35. The highest BCUT2D eigenvalue weighted by molar-refractivity contribution is 7.61.